The maximum absolute atomic E-state index is 4.83. The summed E-state index contributed by atoms with van der Waals surface area (Å²) >= 11 is 0. The molecule has 0 bridgehead atoms. The van der Waals surface area contributed by atoms with Crippen LogP contribution < -0.4 is 0 Å². The Morgan fingerprint density at radius 1 is 0.647 bits per heavy atom. The van der Waals surface area contributed by atoms with E-state index < -0.39 is 5.54 Å². The van der Waals surface area contributed by atoms with Gasteiger partial charge in [-0.1, -0.05) is 160 Å². The van der Waals surface area contributed by atoms with Gasteiger partial charge in [-0.2, -0.15) is 4.63 Å². The van der Waals surface area contributed by atoms with Crippen molar-refractivity contribution >= 4 is 5.65 Å². The predicted octanol–water partition coefficient (Wildman–Crippen LogP) is 8.64. The summed E-state index contributed by atoms with van der Waals surface area (Å²) in [5, 5.41) is 18.7. The van der Waals surface area contributed by atoms with Crippen LogP contribution in [0, 0.1) is 0 Å². The van der Waals surface area contributed by atoms with Crippen LogP contribution in [0.3, 0.4) is 0 Å². The minimum Gasteiger partial charge on any atom is -0.266 e. The lowest BCUT2D eigenvalue weighted by Crippen LogP contribution is -2.39. The van der Waals surface area contributed by atoms with Crippen molar-refractivity contribution in [1.82, 2.24) is 39.6 Å². The Bertz CT molecular complexity index is 2260. The average Bonchev–Trinajstić information content (AvgIpc) is 3.93. The van der Waals surface area contributed by atoms with Gasteiger partial charge in [-0.05, 0) is 56.6 Å². The van der Waals surface area contributed by atoms with Gasteiger partial charge < -0.3 is 0 Å². The molecule has 0 radical (unpaired) electrons. The molecule has 8 aromatic rings. The topological polar surface area (TPSA) is 78.7 Å². The van der Waals surface area contributed by atoms with Crippen LogP contribution >= 0.6 is 0 Å². The van der Waals surface area contributed by atoms with Crippen molar-refractivity contribution in [3.63, 3.8) is 0 Å². The molecule has 8 rings (SSSR count). The van der Waals surface area contributed by atoms with E-state index in [2.05, 4.69) is 151 Å². The summed E-state index contributed by atoms with van der Waals surface area (Å²) in [5.74, 6) is 1.56. The van der Waals surface area contributed by atoms with Crippen LogP contribution in [0.1, 0.15) is 60.3 Å². The fourth-order valence-electron chi connectivity index (χ4n) is 7.22. The van der Waals surface area contributed by atoms with E-state index in [0.29, 0.717) is 12.4 Å². The Balaban J connectivity index is 1.21. The second-order valence-electron chi connectivity index (χ2n) is 12.9. The predicted molar refractivity (Wildman–Crippen MR) is 201 cm³/mol. The smallest absolute Gasteiger partial charge is 0.184 e. The van der Waals surface area contributed by atoms with Crippen molar-refractivity contribution in [3.05, 3.63) is 179 Å². The fourth-order valence-corrected chi connectivity index (χ4v) is 7.22. The standard InChI is InChI=1S/C43H40N8/c1-3-5-17-34-31-49(51-41(34)44-40(4-2)46-51)30-32-26-28-33(29-27-32)38-24-15-16-25-39(38)42-45-47-48-50(42)43(35-18-9-6-10-19-35,36-20-11-7-12-21-36)37-22-13-8-14-23-37/h6-16,18-29,31H,3-5,17,30H2,1-2H3. The number of aromatic nitrogens is 8. The zero-order chi connectivity index (χ0) is 34.6. The Hall–Kier alpha value is -6.15. The molecule has 0 aliphatic rings. The fraction of sp³-hybridized carbons (Fsp3) is 0.186. The summed E-state index contributed by atoms with van der Waals surface area (Å²) in [4.78, 5) is 4.83. The molecule has 0 saturated carbocycles. The largest absolute Gasteiger partial charge is 0.266 e. The number of rotatable bonds is 12. The molecule has 0 aliphatic heterocycles. The van der Waals surface area contributed by atoms with Crippen LogP contribution in [0.2, 0.25) is 0 Å². The normalized spacial score (nSPS) is 11.7. The molecule has 8 nitrogen and oxygen atoms in total. The third-order valence-corrected chi connectivity index (χ3v) is 9.73. The van der Waals surface area contributed by atoms with Crippen molar-refractivity contribution in [2.75, 3.05) is 0 Å². The second kappa shape index (κ2) is 14.0. The van der Waals surface area contributed by atoms with E-state index in [-0.39, 0.29) is 0 Å². The third kappa shape index (κ3) is 5.82. The average molecular weight is 669 g/mol. The van der Waals surface area contributed by atoms with E-state index in [1.807, 2.05) is 27.5 Å². The monoisotopic (exact) mass is 668 g/mol. The van der Waals surface area contributed by atoms with Crippen molar-refractivity contribution in [3.8, 4) is 22.5 Å². The Kier molecular flexibility index (Phi) is 8.80. The lowest BCUT2D eigenvalue weighted by atomic mass is 9.77. The highest BCUT2D eigenvalue weighted by Gasteiger charge is 2.42. The molecule has 0 N–H and O–H groups in total. The van der Waals surface area contributed by atoms with Gasteiger partial charge in [-0.25, -0.2) is 9.67 Å². The summed E-state index contributed by atoms with van der Waals surface area (Å²) in [6.07, 6.45) is 6.31. The molecule has 0 spiro atoms. The Morgan fingerprint density at radius 3 is 1.82 bits per heavy atom. The number of aryl methyl sites for hydroxylation is 2. The van der Waals surface area contributed by atoms with Gasteiger partial charge in [0.1, 0.15) is 5.54 Å². The quantitative estimate of drug-likeness (QED) is 0.122. The summed E-state index contributed by atoms with van der Waals surface area (Å²) in [6.45, 7) is 5.02. The molecule has 252 valence electrons. The van der Waals surface area contributed by atoms with Gasteiger partial charge in [0.05, 0.1) is 6.54 Å². The maximum Gasteiger partial charge on any atom is 0.184 e. The van der Waals surface area contributed by atoms with Crippen LogP contribution in [0.25, 0.3) is 28.2 Å². The number of benzene rings is 5. The number of tetrazole rings is 1. The molecule has 0 fully saturated rings. The highest BCUT2D eigenvalue weighted by molar-refractivity contribution is 5.81. The minimum absolute atomic E-state index is 0.679. The van der Waals surface area contributed by atoms with E-state index in [1.165, 1.54) is 11.1 Å². The SMILES string of the molecule is CCCCc1cn(Cc2ccc(-c3ccccc3-c3nnnn3C(c3ccccc3)(c3ccccc3)c3ccccc3)cc2)n2nc(CC)nc12. The van der Waals surface area contributed by atoms with Crippen LogP contribution in [0.15, 0.2) is 146 Å². The molecule has 0 aliphatic carbocycles. The molecule has 0 saturated heterocycles. The minimum atomic E-state index is -0.837. The van der Waals surface area contributed by atoms with Crippen molar-refractivity contribution in [2.45, 2.75) is 51.6 Å². The summed E-state index contributed by atoms with van der Waals surface area (Å²) < 4.78 is 6.15. The first-order chi connectivity index (χ1) is 25.2. The van der Waals surface area contributed by atoms with E-state index in [1.54, 1.807) is 0 Å². The van der Waals surface area contributed by atoms with Gasteiger partial charge in [0, 0.05) is 23.7 Å². The van der Waals surface area contributed by atoms with E-state index >= 15 is 0 Å². The number of hydrogen-bond acceptors (Lipinski definition) is 5. The van der Waals surface area contributed by atoms with Crippen molar-refractivity contribution < 1.29 is 0 Å². The number of unbranched alkanes of at least 4 members (excludes halogenated alkanes) is 1. The highest BCUT2D eigenvalue weighted by Crippen LogP contribution is 2.43. The van der Waals surface area contributed by atoms with Crippen LogP contribution in [0.5, 0.6) is 0 Å². The number of fused-ring (bicyclic) bond motifs is 1. The first-order valence-electron chi connectivity index (χ1n) is 17.8. The second-order valence-corrected chi connectivity index (χ2v) is 12.9. The van der Waals surface area contributed by atoms with Gasteiger partial charge in [0.15, 0.2) is 17.3 Å². The lowest BCUT2D eigenvalue weighted by molar-refractivity contribution is 0.451. The first-order valence-corrected chi connectivity index (χ1v) is 17.8. The van der Waals surface area contributed by atoms with Crippen LogP contribution in [-0.2, 0) is 24.9 Å². The highest BCUT2D eigenvalue weighted by atomic mass is 15.6. The van der Waals surface area contributed by atoms with E-state index in [4.69, 9.17) is 20.4 Å². The molecule has 51 heavy (non-hydrogen) atoms. The van der Waals surface area contributed by atoms with Gasteiger partial charge in [0.2, 0.25) is 0 Å². The molecular weight excluding hydrogens is 629 g/mol. The molecule has 3 aromatic heterocycles. The molecule has 0 unspecified atom stereocenters. The molecule has 0 atom stereocenters. The lowest BCUT2D eigenvalue weighted by Gasteiger charge is -2.36. The Labute approximate surface area is 298 Å². The van der Waals surface area contributed by atoms with Crippen LogP contribution in [0.4, 0.5) is 0 Å². The maximum atomic E-state index is 4.83. The number of nitrogens with zero attached hydrogens (tertiary/aromatic N) is 8. The van der Waals surface area contributed by atoms with E-state index in [9.17, 15) is 0 Å². The molecule has 8 heteroatoms. The zero-order valence-electron chi connectivity index (χ0n) is 29.0. The van der Waals surface area contributed by atoms with E-state index in [0.717, 1.165) is 70.5 Å². The molecule has 0 amide bonds. The van der Waals surface area contributed by atoms with Gasteiger partial charge in [0.25, 0.3) is 0 Å². The summed E-state index contributed by atoms with van der Waals surface area (Å²) in [7, 11) is 0. The molecule has 3 heterocycles. The molecular formula is C43H40N8. The molecule has 5 aromatic carbocycles. The number of hydrogen-bond donors (Lipinski definition) is 0. The van der Waals surface area contributed by atoms with Gasteiger partial charge in [-0.15, -0.1) is 10.2 Å². The first kappa shape index (κ1) is 32.1. The van der Waals surface area contributed by atoms with Crippen molar-refractivity contribution in [2.24, 2.45) is 0 Å². The summed E-state index contributed by atoms with van der Waals surface area (Å²) in [5.41, 5.74) is 8.85. The van der Waals surface area contributed by atoms with Crippen LogP contribution in [-0.4, -0.2) is 39.6 Å². The zero-order valence-corrected chi connectivity index (χ0v) is 29.0. The third-order valence-electron chi connectivity index (χ3n) is 9.73. The Morgan fingerprint density at radius 2 is 1.24 bits per heavy atom. The van der Waals surface area contributed by atoms with Gasteiger partial charge in [-0.3, -0.25) is 4.68 Å². The van der Waals surface area contributed by atoms with Gasteiger partial charge >= 0.3 is 0 Å². The van der Waals surface area contributed by atoms with Crippen molar-refractivity contribution in [1.29, 1.82) is 0 Å². The summed E-state index contributed by atoms with van der Waals surface area (Å²) in [6, 6.07) is 48.7.